The number of nitrogens with zero attached hydrogens (tertiary/aromatic N) is 7. The lowest BCUT2D eigenvalue weighted by molar-refractivity contribution is 0.306. The van der Waals surface area contributed by atoms with Crippen LogP contribution >= 0.6 is 11.6 Å². The molecule has 1 N–H and O–H groups in total. The number of aryl methyl sites for hydroxylation is 3. The number of H-pyrrole nitrogens is 1. The number of aromatic nitrogens is 8. The number of nitrogens with one attached hydrogen (secondary N) is 1. The number of ether oxygens (including phenoxy) is 2. The first-order valence-electron chi connectivity index (χ1n) is 12.4. The normalized spacial score (nSPS) is 14.2. The zero-order chi connectivity index (χ0) is 26.7. The molecular weight excluding hydrogens is 516 g/mol. The van der Waals surface area contributed by atoms with Crippen molar-refractivity contribution in [3.63, 3.8) is 0 Å². The van der Waals surface area contributed by atoms with Crippen LogP contribution in [-0.4, -0.2) is 39.6 Å². The molecule has 0 unspecified atom stereocenters. The lowest BCUT2D eigenvalue weighted by Crippen LogP contribution is -2.14. The first-order chi connectivity index (χ1) is 18.9. The third-order valence-electron chi connectivity index (χ3n) is 6.92. The van der Waals surface area contributed by atoms with Crippen LogP contribution in [0.4, 0.5) is 0 Å². The van der Waals surface area contributed by atoms with Crippen LogP contribution in [0, 0.1) is 13.8 Å². The third kappa shape index (κ3) is 4.00. The molecule has 0 bridgehead atoms. The predicted molar refractivity (Wildman–Crippen MR) is 144 cm³/mol. The first kappa shape index (κ1) is 23.4. The summed E-state index contributed by atoms with van der Waals surface area (Å²) < 4.78 is 15.5. The van der Waals surface area contributed by atoms with E-state index in [0.717, 1.165) is 49.8 Å². The van der Waals surface area contributed by atoms with Crippen LogP contribution in [0.3, 0.4) is 0 Å². The monoisotopic (exact) mass is 538 g/mol. The van der Waals surface area contributed by atoms with Crippen LogP contribution in [0.25, 0.3) is 17.0 Å². The molecule has 1 atom stereocenters. The maximum absolute atomic E-state index is 6.12. The molecule has 0 spiro atoms. The lowest BCUT2D eigenvalue weighted by Gasteiger charge is -2.24. The molecule has 2 aromatic carbocycles. The lowest BCUT2D eigenvalue weighted by atomic mass is 9.86. The molecule has 39 heavy (non-hydrogen) atoms. The van der Waals surface area contributed by atoms with Crippen molar-refractivity contribution in [3.05, 3.63) is 99.7 Å². The zero-order valence-electron chi connectivity index (χ0n) is 21.4. The highest BCUT2D eigenvalue weighted by Crippen LogP contribution is 2.48. The Morgan fingerprint density at radius 3 is 2.69 bits per heavy atom. The number of rotatable bonds is 5. The van der Waals surface area contributed by atoms with Gasteiger partial charge in [0.25, 0.3) is 0 Å². The molecule has 5 heterocycles. The van der Waals surface area contributed by atoms with Gasteiger partial charge >= 0.3 is 0 Å². The SMILES string of the molecule is Cc1cc(OCc2ccc(-c3nc4c5c(ncn4n3)Oc3n[nH]c(C)c3[C@@H]5c3cnn(C)c3)cc2)ccc1Cl. The highest BCUT2D eigenvalue weighted by Gasteiger charge is 2.37. The largest absolute Gasteiger partial charge is 0.489 e. The minimum absolute atomic E-state index is 0.208. The molecule has 10 nitrogen and oxygen atoms in total. The van der Waals surface area contributed by atoms with Crippen molar-refractivity contribution >= 4 is 17.2 Å². The Morgan fingerprint density at radius 2 is 1.92 bits per heavy atom. The van der Waals surface area contributed by atoms with Crippen LogP contribution in [-0.2, 0) is 13.7 Å². The first-order valence-corrected chi connectivity index (χ1v) is 12.8. The van der Waals surface area contributed by atoms with Crippen molar-refractivity contribution in [3.8, 4) is 28.9 Å². The van der Waals surface area contributed by atoms with Gasteiger partial charge in [-0.05, 0) is 43.2 Å². The van der Waals surface area contributed by atoms with Crippen LogP contribution in [0.1, 0.15) is 39.4 Å². The van der Waals surface area contributed by atoms with E-state index in [2.05, 4.69) is 20.3 Å². The fourth-order valence-electron chi connectivity index (χ4n) is 4.93. The van der Waals surface area contributed by atoms with Crippen LogP contribution in [0.15, 0.2) is 61.2 Å². The quantitative estimate of drug-likeness (QED) is 0.313. The molecule has 0 radical (unpaired) electrons. The van der Waals surface area contributed by atoms with Crippen molar-refractivity contribution in [2.75, 3.05) is 0 Å². The molecule has 1 aliphatic rings. The molecular formula is C28H23ClN8O2. The van der Waals surface area contributed by atoms with E-state index in [9.17, 15) is 0 Å². The number of hydrogen-bond donors (Lipinski definition) is 1. The van der Waals surface area contributed by atoms with E-state index in [1.54, 1.807) is 15.5 Å². The molecule has 0 fully saturated rings. The van der Waals surface area contributed by atoms with E-state index >= 15 is 0 Å². The summed E-state index contributed by atoms with van der Waals surface area (Å²) in [5, 5.41) is 17.2. The molecule has 194 valence electrons. The fraction of sp³-hybridized carbons (Fsp3) is 0.179. The van der Waals surface area contributed by atoms with E-state index in [-0.39, 0.29) is 5.92 Å². The highest BCUT2D eigenvalue weighted by atomic mass is 35.5. The number of aromatic amines is 1. The van der Waals surface area contributed by atoms with Gasteiger partial charge in [-0.3, -0.25) is 9.78 Å². The van der Waals surface area contributed by atoms with Gasteiger partial charge in [-0.1, -0.05) is 35.9 Å². The minimum Gasteiger partial charge on any atom is -0.489 e. The molecule has 0 amide bonds. The van der Waals surface area contributed by atoms with E-state index in [0.29, 0.717) is 29.8 Å². The van der Waals surface area contributed by atoms with Crippen LogP contribution < -0.4 is 9.47 Å². The molecule has 7 rings (SSSR count). The standard InChI is InChI=1S/C28H23ClN8O2/c1-15-10-20(8-9-21(15)29)38-13-17-4-6-18(7-5-17)25-32-26-24-23(19-11-31-36(3)12-19)22-16(2)33-34-28(22)39-27(24)30-14-37(26)35-25/h4-12,14,23H,13H2,1-3H3,(H,33,34)/t23-/m0/s1. The number of fused-ring (bicyclic) bond motifs is 4. The topological polar surface area (TPSA) is 108 Å². The van der Waals surface area contributed by atoms with Gasteiger partial charge in [-0.25, -0.2) is 14.5 Å². The summed E-state index contributed by atoms with van der Waals surface area (Å²) in [4.78, 5) is 9.49. The second kappa shape index (κ2) is 8.95. The third-order valence-corrected chi connectivity index (χ3v) is 7.35. The molecule has 0 aliphatic carbocycles. The molecule has 4 aromatic heterocycles. The Morgan fingerprint density at radius 1 is 1.08 bits per heavy atom. The maximum atomic E-state index is 6.12. The summed E-state index contributed by atoms with van der Waals surface area (Å²) in [6.07, 6.45) is 5.46. The molecule has 6 aromatic rings. The second-order valence-electron chi connectivity index (χ2n) is 9.61. The van der Waals surface area contributed by atoms with Gasteiger partial charge in [0.15, 0.2) is 11.5 Å². The van der Waals surface area contributed by atoms with Gasteiger partial charge in [-0.15, -0.1) is 10.2 Å². The summed E-state index contributed by atoms with van der Waals surface area (Å²) in [7, 11) is 1.89. The van der Waals surface area contributed by atoms with Gasteiger partial charge < -0.3 is 9.47 Å². The van der Waals surface area contributed by atoms with Gasteiger partial charge in [0.05, 0.1) is 17.7 Å². The van der Waals surface area contributed by atoms with Crippen molar-refractivity contribution in [1.29, 1.82) is 0 Å². The van der Waals surface area contributed by atoms with Crippen LogP contribution in [0.5, 0.6) is 17.5 Å². The summed E-state index contributed by atoms with van der Waals surface area (Å²) in [5.74, 6) is 2.13. The molecule has 11 heteroatoms. The Kier molecular flexibility index (Phi) is 5.38. The predicted octanol–water partition coefficient (Wildman–Crippen LogP) is 5.38. The van der Waals surface area contributed by atoms with Crippen molar-refractivity contribution < 1.29 is 9.47 Å². The average molecular weight is 539 g/mol. The van der Waals surface area contributed by atoms with E-state index in [1.165, 1.54) is 0 Å². The van der Waals surface area contributed by atoms with E-state index < -0.39 is 0 Å². The van der Waals surface area contributed by atoms with Gasteiger partial charge in [0.1, 0.15) is 18.7 Å². The smallest absolute Gasteiger partial charge is 0.244 e. The Labute approximate surface area is 228 Å². The molecule has 0 saturated heterocycles. The maximum Gasteiger partial charge on any atom is 0.244 e. The van der Waals surface area contributed by atoms with Gasteiger partial charge in [0.2, 0.25) is 11.8 Å². The highest BCUT2D eigenvalue weighted by molar-refractivity contribution is 6.31. The number of benzene rings is 2. The molecule has 1 aliphatic heterocycles. The molecule has 0 saturated carbocycles. The number of halogens is 1. The summed E-state index contributed by atoms with van der Waals surface area (Å²) in [5.41, 5.74) is 7.23. The van der Waals surface area contributed by atoms with Crippen molar-refractivity contribution in [2.45, 2.75) is 26.4 Å². The van der Waals surface area contributed by atoms with Crippen molar-refractivity contribution in [2.24, 2.45) is 7.05 Å². The summed E-state index contributed by atoms with van der Waals surface area (Å²) in [6, 6.07) is 13.7. The summed E-state index contributed by atoms with van der Waals surface area (Å²) in [6.45, 7) is 4.37. The Balaban J connectivity index is 1.23. The van der Waals surface area contributed by atoms with E-state index in [4.69, 9.17) is 31.2 Å². The number of hydrogen-bond acceptors (Lipinski definition) is 7. The fourth-order valence-corrected chi connectivity index (χ4v) is 5.05. The van der Waals surface area contributed by atoms with E-state index in [1.807, 2.05) is 75.8 Å². The Bertz CT molecular complexity index is 1850. The van der Waals surface area contributed by atoms with Crippen LogP contribution in [0.2, 0.25) is 5.02 Å². The minimum atomic E-state index is -0.208. The van der Waals surface area contributed by atoms with Crippen molar-refractivity contribution in [1.82, 2.24) is 39.6 Å². The van der Waals surface area contributed by atoms with Gasteiger partial charge in [-0.2, -0.15) is 5.10 Å². The average Bonchev–Trinajstić information content (AvgIpc) is 3.67. The zero-order valence-corrected chi connectivity index (χ0v) is 22.1. The summed E-state index contributed by atoms with van der Waals surface area (Å²) >= 11 is 6.12. The second-order valence-corrected chi connectivity index (χ2v) is 10.0. The van der Waals surface area contributed by atoms with Gasteiger partial charge in [0, 0.05) is 40.7 Å². The Hall–Kier alpha value is -4.70.